The van der Waals surface area contributed by atoms with Gasteiger partial charge in [0.25, 0.3) is 0 Å². The zero-order chi connectivity index (χ0) is 22.3. The molecule has 0 aliphatic carbocycles. The first-order chi connectivity index (χ1) is 14.5. The van der Waals surface area contributed by atoms with Gasteiger partial charge in [-0.05, 0) is 6.42 Å². The van der Waals surface area contributed by atoms with Crippen molar-refractivity contribution in [2.75, 3.05) is 75.4 Å². The number of epoxide rings is 2. The van der Waals surface area contributed by atoms with Crippen LogP contribution in [0, 0.1) is 0 Å². The van der Waals surface area contributed by atoms with E-state index < -0.39 is 17.6 Å². The molecular formula is C18H40O10Si2. The lowest BCUT2D eigenvalue weighted by molar-refractivity contribution is -0.0369. The maximum atomic E-state index is 5.56. The van der Waals surface area contributed by atoms with Gasteiger partial charge in [0.1, 0.15) is 19.0 Å². The van der Waals surface area contributed by atoms with Gasteiger partial charge < -0.3 is 45.5 Å². The summed E-state index contributed by atoms with van der Waals surface area (Å²) in [4.78, 5) is 0. The first-order valence-corrected chi connectivity index (χ1v) is 14.2. The van der Waals surface area contributed by atoms with E-state index in [1.807, 2.05) is 0 Å². The zero-order valence-electron chi connectivity index (χ0n) is 19.3. The highest BCUT2D eigenvalue weighted by Crippen LogP contribution is 2.17. The maximum Gasteiger partial charge on any atom is 0.502 e. The number of hydrogen-bond acceptors (Lipinski definition) is 10. The third-order valence-electron chi connectivity index (χ3n) is 4.66. The molecule has 2 saturated heterocycles. The van der Waals surface area contributed by atoms with Gasteiger partial charge in [-0.1, -0.05) is 13.3 Å². The molecule has 180 valence electrons. The van der Waals surface area contributed by atoms with Crippen LogP contribution in [0.2, 0.25) is 12.1 Å². The second kappa shape index (κ2) is 15.8. The topological polar surface area (TPSA) is 98.9 Å². The normalized spacial score (nSPS) is 20.6. The van der Waals surface area contributed by atoms with E-state index >= 15 is 0 Å². The standard InChI is InChI=1S/2C9H20O5Si/c1-10-15(11-2,12-3)6-4-5-13-7-9-8-14-9;1-4-5-15(10-2,11-3)14-8-12-6-9-7-13-9/h2*9H,4-8H2,1-3H3. The van der Waals surface area contributed by atoms with Crippen LogP contribution >= 0.6 is 0 Å². The summed E-state index contributed by atoms with van der Waals surface area (Å²) < 4.78 is 52.8. The molecule has 30 heavy (non-hydrogen) atoms. The Morgan fingerprint density at radius 3 is 1.67 bits per heavy atom. The summed E-state index contributed by atoms with van der Waals surface area (Å²) in [6.45, 7) is 5.91. The molecule has 0 amide bonds. The Bertz CT molecular complexity index is 408. The van der Waals surface area contributed by atoms with Crippen molar-refractivity contribution in [2.45, 2.75) is 44.1 Å². The summed E-state index contributed by atoms with van der Waals surface area (Å²) in [5, 5.41) is 0. The predicted octanol–water partition coefficient (Wildman–Crippen LogP) is 1.69. The molecule has 0 bridgehead atoms. The van der Waals surface area contributed by atoms with Crippen molar-refractivity contribution in [3.05, 3.63) is 0 Å². The van der Waals surface area contributed by atoms with Crippen LogP contribution in [-0.4, -0.2) is 105 Å². The van der Waals surface area contributed by atoms with Crippen molar-refractivity contribution in [1.82, 2.24) is 0 Å². The van der Waals surface area contributed by atoms with Gasteiger partial charge in [0.2, 0.25) is 0 Å². The van der Waals surface area contributed by atoms with Crippen molar-refractivity contribution in [3.63, 3.8) is 0 Å². The lowest BCUT2D eigenvalue weighted by atomic mass is 10.5. The summed E-state index contributed by atoms with van der Waals surface area (Å²) in [6, 6.07) is 1.59. The fraction of sp³-hybridized carbons (Fsp3) is 1.00. The molecule has 10 nitrogen and oxygen atoms in total. The summed E-state index contributed by atoms with van der Waals surface area (Å²) >= 11 is 0. The number of hydrogen-bond donors (Lipinski definition) is 0. The minimum atomic E-state index is -2.46. The van der Waals surface area contributed by atoms with Gasteiger partial charge in [-0.3, -0.25) is 0 Å². The molecule has 2 unspecified atom stereocenters. The summed E-state index contributed by atoms with van der Waals surface area (Å²) in [7, 11) is 3.26. The third-order valence-corrected chi connectivity index (χ3v) is 10.4. The van der Waals surface area contributed by atoms with Crippen LogP contribution in [0.5, 0.6) is 0 Å². The number of ether oxygens (including phenoxy) is 4. The van der Waals surface area contributed by atoms with Crippen LogP contribution in [0.3, 0.4) is 0 Å². The summed E-state index contributed by atoms with van der Waals surface area (Å²) in [5.74, 6) is 0. The van der Waals surface area contributed by atoms with E-state index in [-0.39, 0.29) is 12.9 Å². The molecule has 0 aromatic carbocycles. The van der Waals surface area contributed by atoms with Crippen molar-refractivity contribution in [3.8, 4) is 0 Å². The predicted molar refractivity (Wildman–Crippen MR) is 113 cm³/mol. The van der Waals surface area contributed by atoms with E-state index in [9.17, 15) is 0 Å². The average molecular weight is 473 g/mol. The van der Waals surface area contributed by atoms with E-state index in [0.717, 1.165) is 38.1 Å². The first kappa shape index (κ1) is 28.1. The van der Waals surface area contributed by atoms with Crippen molar-refractivity contribution in [1.29, 1.82) is 0 Å². The van der Waals surface area contributed by atoms with Gasteiger partial charge in [0, 0.05) is 54.2 Å². The second-order valence-electron chi connectivity index (χ2n) is 6.86. The minimum absolute atomic E-state index is 0.216. The maximum absolute atomic E-state index is 5.56. The van der Waals surface area contributed by atoms with Crippen LogP contribution in [-0.2, 0) is 45.5 Å². The minimum Gasteiger partial charge on any atom is -0.379 e. The molecule has 2 fully saturated rings. The molecule has 2 atom stereocenters. The highest BCUT2D eigenvalue weighted by Gasteiger charge is 2.38. The van der Waals surface area contributed by atoms with Crippen LogP contribution in [0.25, 0.3) is 0 Å². The Morgan fingerprint density at radius 2 is 1.23 bits per heavy atom. The zero-order valence-corrected chi connectivity index (χ0v) is 21.3. The molecule has 2 aliphatic rings. The van der Waals surface area contributed by atoms with E-state index in [1.54, 1.807) is 35.5 Å². The monoisotopic (exact) mass is 472 g/mol. The quantitative estimate of drug-likeness (QED) is 0.127. The summed E-state index contributed by atoms with van der Waals surface area (Å²) in [5.41, 5.74) is 0. The van der Waals surface area contributed by atoms with Crippen molar-refractivity contribution < 1.29 is 45.5 Å². The number of rotatable bonds is 18. The van der Waals surface area contributed by atoms with Gasteiger partial charge in [-0.25, -0.2) is 0 Å². The molecule has 0 radical (unpaired) electrons. The van der Waals surface area contributed by atoms with Crippen molar-refractivity contribution in [2.24, 2.45) is 0 Å². The molecule has 2 rings (SSSR count). The van der Waals surface area contributed by atoms with Gasteiger partial charge in [-0.15, -0.1) is 0 Å². The van der Waals surface area contributed by atoms with E-state index in [2.05, 4.69) is 6.92 Å². The lowest BCUT2D eigenvalue weighted by Crippen LogP contribution is -2.44. The SMILES string of the molecule is CCC[Si](OC)(OC)OCOCC1CO1.CO[Si](CCCOCC1CO1)(OC)OC. The Labute approximate surface area is 183 Å². The first-order valence-electron chi connectivity index (χ1n) is 10.3. The van der Waals surface area contributed by atoms with Gasteiger partial charge in [-0.2, -0.15) is 0 Å². The largest absolute Gasteiger partial charge is 0.502 e. The fourth-order valence-corrected chi connectivity index (χ4v) is 6.10. The Kier molecular flexibility index (Phi) is 14.8. The highest BCUT2D eigenvalue weighted by molar-refractivity contribution is 6.60. The van der Waals surface area contributed by atoms with E-state index in [0.29, 0.717) is 25.9 Å². The fourth-order valence-electron chi connectivity index (χ4n) is 2.58. The van der Waals surface area contributed by atoms with Gasteiger partial charge in [0.15, 0.2) is 0 Å². The van der Waals surface area contributed by atoms with Crippen LogP contribution < -0.4 is 0 Å². The average Bonchev–Trinajstić information content (AvgIpc) is 3.70. The Hall–Kier alpha value is 0.0338. The molecule has 12 heteroatoms. The smallest absolute Gasteiger partial charge is 0.379 e. The van der Waals surface area contributed by atoms with Gasteiger partial charge >= 0.3 is 17.6 Å². The molecule has 0 spiro atoms. The molecule has 2 heterocycles. The van der Waals surface area contributed by atoms with Crippen LogP contribution in [0.4, 0.5) is 0 Å². The molecule has 0 aromatic heterocycles. The molecule has 0 N–H and O–H groups in total. The van der Waals surface area contributed by atoms with E-state index in [1.165, 1.54) is 0 Å². The van der Waals surface area contributed by atoms with Gasteiger partial charge in [0.05, 0.1) is 26.4 Å². The second-order valence-corrected chi connectivity index (χ2v) is 12.9. The molecule has 0 aromatic rings. The molecule has 2 aliphatic heterocycles. The van der Waals surface area contributed by atoms with Crippen molar-refractivity contribution >= 4 is 17.6 Å². The third kappa shape index (κ3) is 11.6. The highest BCUT2D eigenvalue weighted by atomic mass is 28.4. The van der Waals surface area contributed by atoms with E-state index in [4.69, 9.17) is 45.5 Å². The molecular weight excluding hydrogens is 432 g/mol. The molecule has 0 saturated carbocycles. The Balaban J connectivity index is 0.000000300. The Morgan fingerprint density at radius 1 is 0.733 bits per heavy atom. The lowest BCUT2D eigenvalue weighted by Gasteiger charge is -2.25. The van der Waals surface area contributed by atoms with Crippen LogP contribution in [0.1, 0.15) is 19.8 Å². The summed E-state index contributed by atoms with van der Waals surface area (Å²) in [6.07, 6.45) is 2.45. The van der Waals surface area contributed by atoms with Crippen LogP contribution in [0.15, 0.2) is 0 Å².